The summed E-state index contributed by atoms with van der Waals surface area (Å²) in [5.41, 5.74) is 1.39. The maximum atomic E-state index is 6.18. The molecule has 0 spiro atoms. The highest BCUT2D eigenvalue weighted by Gasteiger charge is 2.20. The third kappa shape index (κ3) is 5.70. The molecule has 1 N–H and O–H groups in total. The van der Waals surface area contributed by atoms with E-state index in [1.54, 1.807) is 0 Å². The largest absolute Gasteiger partial charge is 0.492 e. The summed E-state index contributed by atoms with van der Waals surface area (Å²) >= 11 is 0. The van der Waals surface area contributed by atoms with Gasteiger partial charge in [-0.15, -0.1) is 0 Å². The Morgan fingerprint density at radius 2 is 1.81 bits per heavy atom. The predicted molar refractivity (Wildman–Crippen MR) is 92.2 cm³/mol. The highest BCUT2D eigenvalue weighted by atomic mass is 16.5. The summed E-state index contributed by atoms with van der Waals surface area (Å²) < 4.78 is 6.18. The summed E-state index contributed by atoms with van der Waals surface area (Å²) in [7, 11) is 0. The zero-order chi connectivity index (χ0) is 15.9. The third-order valence-corrected chi connectivity index (χ3v) is 4.10. The molecule has 2 atom stereocenters. The topological polar surface area (TPSA) is 21.3 Å². The van der Waals surface area contributed by atoms with Crippen LogP contribution in [0.5, 0.6) is 5.75 Å². The van der Waals surface area contributed by atoms with Crippen LogP contribution in [-0.2, 0) is 5.41 Å². The van der Waals surface area contributed by atoms with Crippen molar-refractivity contribution >= 4 is 0 Å². The van der Waals surface area contributed by atoms with Crippen LogP contribution in [0.4, 0.5) is 0 Å². The molecular weight excluding hydrogens is 258 g/mol. The number of hydrogen-bond donors (Lipinski definition) is 1. The number of para-hydroxylation sites is 1. The molecule has 2 unspecified atom stereocenters. The standard InChI is InChI=1S/C19H33NO/c1-7-13-20-17(15(3)8-2)14-21-18-12-10-9-11-16(18)19(4,5)6/h9-12,15,17,20H,7-8,13-14H2,1-6H3. The fraction of sp³-hybridized carbons (Fsp3) is 0.684. The molecule has 0 fully saturated rings. The lowest BCUT2D eigenvalue weighted by Gasteiger charge is -2.27. The molecule has 0 aliphatic carbocycles. The van der Waals surface area contributed by atoms with Gasteiger partial charge in [0.25, 0.3) is 0 Å². The first-order valence-electron chi connectivity index (χ1n) is 8.35. The molecule has 0 aromatic heterocycles. The van der Waals surface area contributed by atoms with Crippen LogP contribution in [0, 0.1) is 5.92 Å². The summed E-state index contributed by atoms with van der Waals surface area (Å²) in [6, 6.07) is 8.83. The van der Waals surface area contributed by atoms with E-state index in [4.69, 9.17) is 4.74 Å². The highest BCUT2D eigenvalue weighted by Crippen LogP contribution is 2.31. The first kappa shape index (κ1) is 18.0. The van der Waals surface area contributed by atoms with Crippen molar-refractivity contribution in [3.63, 3.8) is 0 Å². The minimum Gasteiger partial charge on any atom is -0.492 e. The Balaban J connectivity index is 2.76. The molecule has 0 saturated carbocycles. The number of rotatable bonds is 8. The van der Waals surface area contributed by atoms with E-state index in [9.17, 15) is 0 Å². The molecule has 21 heavy (non-hydrogen) atoms. The second-order valence-corrected chi connectivity index (χ2v) is 7.00. The molecule has 0 amide bonds. The molecule has 1 aromatic carbocycles. The Morgan fingerprint density at radius 1 is 1.14 bits per heavy atom. The van der Waals surface area contributed by atoms with E-state index in [2.05, 4.69) is 71.1 Å². The summed E-state index contributed by atoms with van der Waals surface area (Å²) in [5, 5.41) is 3.62. The molecule has 0 aliphatic heterocycles. The molecule has 0 saturated heterocycles. The van der Waals surface area contributed by atoms with Crippen molar-refractivity contribution in [2.24, 2.45) is 5.92 Å². The van der Waals surface area contributed by atoms with E-state index in [-0.39, 0.29) is 5.41 Å². The molecule has 0 heterocycles. The van der Waals surface area contributed by atoms with Gasteiger partial charge < -0.3 is 10.1 Å². The Morgan fingerprint density at radius 3 is 2.38 bits per heavy atom. The van der Waals surface area contributed by atoms with Crippen molar-refractivity contribution in [1.82, 2.24) is 5.32 Å². The van der Waals surface area contributed by atoms with Gasteiger partial charge in [0.15, 0.2) is 0 Å². The monoisotopic (exact) mass is 291 g/mol. The first-order valence-corrected chi connectivity index (χ1v) is 8.35. The zero-order valence-corrected chi connectivity index (χ0v) is 14.7. The van der Waals surface area contributed by atoms with Gasteiger partial charge in [-0.2, -0.15) is 0 Å². The van der Waals surface area contributed by atoms with E-state index in [0.717, 1.165) is 25.3 Å². The zero-order valence-electron chi connectivity index (χ0n) is 14.7. The Bertz CT molecular complexity index is 408. The fourth-order valence-corrected chi connectivity index (χ4v) is 2.43. The van der Waals surface area contributed by atoms with Gasteiger partial charge in [-0.1, -0.05) is 66.2 Å². The smallest absolute Gasteiger partial charge is 0.123 e. The molecule has 1 rings (SSSR count). The minimum atomic E-state index is 0.110. The molecule has 120 valence electrons. The lowest BCUT2D eigenvalue weighted by atomic mass is 9.86. The molecule has 0 aliphatic rings. The average molecular weight is 291 g/mol. The number of ether oxygens (including phenoxy) is 1. The summed E-state index contributed by atoms with van der Waals surface area (Å²) in [6.07, 6.45) is 2.33. The molecular formula is C19H33NO. The Labute approximate surface area is 131 Å². The van der Waals surface area contributed by atoms with Crippen molar-refractivity contribution in [3.8, 4) is 5.75 Å². The van der Waals surface area contributed by atoms with E-state index in [0.29, 0.717) is 12.0 Å². The van der Waals surface area contributed by atoms with Crippen LogP contribution in [0.1, 0.15) is 59.9 Å². The van der Waals surface area contributed by atoms with Gasteiger partial charge in [-0.25, -0.2) is 0 Å². The predicted octanol–water partition coefficient (Wildman–Crippen LogP) is 4.78. The van der Waals surface area contributed by atoms with Gasteiger partial charge in [-0.05, 0) is 35.9 Å². The second kappa shape index (κ2) is 8.43. The second-order valence-electron chi connectivity index (χ2n) is 7.00. The van der Waals surface area contributed by atoms with Gasteiger partial charge in [-0.3, -0.25) is 0 Å². The van der Waals surface area contributed by atoms with E-state index >= 15 is 0 Å². The van der Waals surface area contributed by atoms with Crippen LogP contribution < -0.4 is 10.1 Å². The van der Waals surface area contributed by atoms with Crippen LogP contribution in [0.25, 0.3) is 0 Å². The molecule has 2 nitrogen and oxygen atoms in total. The molecule has 0 radical (unpaired) electrons. The van der Waals surface area contributed by atoms with Gasteiger partial charge in [0.2, 0.25) is 0 Å². The Kier molecular flexibility index (Phi) is 7.24. The van der Waals surface area contributed by atoms with Crippen molar-refractivity contribution < 1.29 is 4.74 Å². The number of nitrogens with one attached hydrogen (secondary N) is 1. The maximum Gasteiger partial charge on any atom is 0.123 e. The SMILES string of the molecule is CCCNC(COc1ccccc1C(C)(C)C)C(C)CC. The quantitative estimate of drug-likeness (QED) is 0.744. The molecule has 0 bridgehead atoms. The highest BCUT2D eigenvalue weighted by molar-refractivity contribution is 5.38. The van der Waals surface area contributed by atoms with Crippen LogP contribution in [0.15, 0.2) is 24.3 Å². The number of hydrogen-bond acceptors (Lipinski definition) is 2. The van der Waals surface area contributed by atoms with E-state index in [1.165, 1.54) is 12.0 Å². The first-order chi connectivity index (χ1) is 9.90. The van der Waals surface area contributed by atoms with Crippen LogP contribution in [0.3, 0.4) is 0 Å². The Hall–Kier alpha value is -1.02. The van der Waals surface area contributed by atoms with Gasteiger partial charge >= 0.3 is 0 Å². The maximum absolute atomic E-state index is 6.18. The normalized spacial score (nSPS) is 14.8. The van der Waals surface area contributed by atoms with Crippen molar-refractivity contribution in [3.05, 3.63) is 29.8 Å². The minimum absolute atomic E-state index is 0.110. The van der Waals surface area contributed by atoms with E-state index in [1.807, 2.05) is 0 Å². The lowest BCUT2D eigenvalue weighted by Crippen LogP contribution is -2.40. The molecule has 1 aromatic rings. The van der Waals surface area contributed by atoms with Crippen LogP contribution in [0.2, 0.25) is 0 Å². The van der Waals surface area contributed by atoms with Crippen molar-refractivity contribution in [2.45, 2.75) is 65.8 Å². The lowest BCUT2D eigenvalue weighted by molar-refractivity contribution is 0.217. The van der Waals surface area contributed by atoms with Crippen molar-refractivity contribution in [1.29, 1.82) is 0 Å². The van der Waals surface area contributed by atoms with Gasteiger partial charge in [0, 0.05) is 6.04 Å². The van der Waals surface area contributed by atoms with Crippen molar-refractivity contribution in [2.75, 3.05) is 13.2 Å². The fourth-order valence-electron chi connectivity index (χ4n) is 2.43. The average Bonchev–Trinajstić information content (AvgIpc) is 2.46. The van der Waals surface area contributed by atoms with Crippen LogP contribution in [-0.4, -0.2) is 19.2 Å². The van der Waals surface area contributed by atoms with Crippen LogP contribution >= 0.6 is 0 Å². The third-order valence-electron chi connectivity index (χ3n) is 4.10. The van der Waals surface area contributed by atoms with Gasteiger partial charge in [0.05, 0.1) is 0 Å². The van der Waals surface area contributed by atoms with E-state index < -0.39 is 0 Å². The number of benzene rings is 1. The summed E-state index contributed by atoms with van der Waals surface area (Å²) in [6.45, 7) is 15.2. The van der Waals surface area contributed by atoms with Gasteiger partial charge in [0.1, 0.15) is 12.4 Å². The molecule has 2 heteroatoms. The summed E-state index contributed by atoms with van der Waals surface area (Å²) in [5.74, 6) is 1.65. The summed E-state index contributed by atoms with van der Waals surface area (Å²) in [4.78, 5) is 0.